The van der Waals surface area contributed by atoms with E-state index in [4.69, 9.17) is 4.74 Å². The van der Waals surface area contributed by atoms with Crippen LogP contribution >= 0.6 is 0 Å². The second kappa shape index (κ2) is 6.20. The van der Waals surface area contributed by atoms with Crippen LogP contribution in [0, 0.1) is 0 Å². The fourth-order valence-corrected chi connectivity index (χ4v) is 1.85. The van der Waals surface area contributed by atoms with Crippen LogP contribution in [0.3, 0.4) is 0 Å². The van der Waals surface area contributed by atoms with Crippen molar-refractivity contribution >= 4 is 17.5 Å². The van der Waals surface area contributed by atoms with E-state index in [1.807, 2.05) is 19.1 Å². The molecule has 2 N–H and O–H groups in total. The zero-order chi connectivity index (χ0) is 12.8. The summed E-state index contributed by atoms with van der Waals surface area (Å²) in [4.78, 5) is 18.0. The Hall–Kier alpha value is -1.82. The fourth-order valence-electron chi connectivity index (χ4n) is 1.85. The van der Waals surface area contributed by atoms with Gasteiger partial charge in [-0.25, -0.2) is 9.78 Å². The molecule has 0 bridgehead atoms. The largest absolute Gasteiger partial charge is 0.378 e. The van der Waals surface area contributed by atoms with Gasteiger partial charge in [0.25, 0.3) is 0 Å². The summed E-state index contributed by atoms with van der Waals surface area (Å²) >= 11 is 0. The Morgan fingerprint density at radius 1 is 1.50 bits per heavy atom. The number of anilines is 2. The fraction of sp³-hybridized carbons (Fsp3) is 0.500. The van der Waals surface area contributed by atoms with E-state index in [0.29, 0.717) is 19.8 Å². The highest BCUT2D eigenvalue weighted by molar-refractivity contribution is 5.92. The minimum absolute atomic E-state index is 0.208. The van der Waals surface area contributed by atoms with Gasteiger partial charge < -0.3 is 20.3 Å². The topological polar surface area (TPSA) is 66.5 Å². The number of aromatic nitrogens is 1. The summed E-state index contributed by atoms with van der Waals surface area (Å²) in [6, 6.07) is 3.46. The molecular weight excluding hydrogens is 232 g/mol. The number of nitrogens with zero attached hydrogens (tertiary/aromatic N) is 2. The molecule has 6 heteroatoms. The zero-order valence-electron chi connectivity index (χ0n) is 10.5. The van der Waals surface area contributed by atoms with Gasteiger partial charge in [-0.3, -0.25) is 0 Å². The lowest BCUT2D eigenvalue weighted by Crippen LogP contribution is -2.38. The number of hydrogen-bond donors (Lipinski definition) is 2. The maximum atomic E-state index is 11.6. The molecule has 18 heavy (non-hydrogen) atoms. The summed E-state index contributed by atoms with van der Waals surface area (Å²) in [7, 11) is 0. The van der Waals surface area contributed by atoms with E-state index in [1.54, 1.807) is 6.20 Å². The summed E-state index contributed by atoms with van der Waals surface area (Å²) in [5.41, 5.74) is 0.727. The first-order valence-electron chi connectivity index (χ1n) is 6.14. The van der Waals surface area contributed by atoms with Crippen LogP contribution in [0.4, 0.5) is 16.3 Å². The summed E-state index contributed by atoms with van der Waals surface area (Å²) in [5.74, 6) is 0.798. The zero-order valence-corrected chi connectivity index (χ0v) is 10.5. The third-order valence-corrected chi connectivity index (χ3v) is 2.68. The summed E-state index contributed by atoms with van der Waals surface area (Å²) in [6.45, 7) is 5.45. The van der Waals surface area contributed by atoms with Gasteiger partial charge in [-0.1, -0.05) is 0 Å². The lowest BCUT2D eigenvalue weighted by atomic mass is 10.3. The van der Waals surface area contributed by atoms with Crippen molar-refractivity contribution in [2.75, 3.05) is 43.1 Å². The lowest BCUT2D eigenvalue weighted by molar-refractivity contribution is 0.122. The second-order valence-corrected chi connectivity index (χ2v) is 3.96. The van der Waals surface area contributed by atoms with Gasteiger partial charge in [0.2, 0.25) is 0 Å². The van der Waals surface area contributed by atoms with Crippen LogP contribution in [0.2, 0.25) is 0 Å². The average molecular weight is 250 g/mol. The molecule has 0 aromatic carbocycles. The normalized spacial score (nSPS) is 15.3. The summed E-state index contributed by atoms with van der Waals surface area (Å²) < 4.78 is 5.31. The van der Waals surface area contributed by atoms with Crippen LogP contribution in [0.15, 0.2) is 18.3 Å². The van der Waals surface area contributed by atoms with Crippen molar-refractivity contribution in [2.45, 2.75) is 6.92 Å². The monoisotopic (exact) mass is 250 g/mol. The summed E-state index contributed by atoms with van der Waals surface area (Å²) in [5, 5.41) is 5.52. The minimum Gasteiger partial charge on any atom is -0.378 e. The van der Waals surface area contributed by atoms with E-state index >= 15 is 0 Å². The molecule has 2 rings (SSSR count). The number of pyridine rings is 1. The van der Waals surface area contributed by atoms with Gasteiger partial charge in [-0.2, -0.15) is 0 Å². The first-order valence-corrected chi connectivity index (χ1v) is 6.14. The number of nitrogens with one attached hydrogen (secondary N) is 2. The van der Waals surface area contributed by atoms with Gasteiger partial charge in [-0.15, -0.1) is 0 Å². The van der Waals surface area contributed by atoms with Gasteiger partial charge in [0.15, 0.2) is 5.82 Å². The van der Waals surface area contributed by atoms with Gasteiger partial charge in [-0.05, 0) is 19.1 Å². The van der Waals surface area contributed by atoms with E-state index in [0.717, 1.165) is 24.6 Å². The Bertz CT molecular complexity index is 405. The number of ether oxygens (including phenoxy) is 1. The Morgan fingerprint density at radius 3 is 3.00 bits per heavy atom. The van der Waals surface area contributed by atoms with Crippen LogP contribution < -0.4 is 15.5 Å². The number of morpholine rings is 1. The number of urea groups is 1. The van der Waals surface area contributed by atoms with Gasteiger partial charge in [0, 0.05) is 25.8 Å². The van der Waals surface area contributed by atoms with E-state index < -0.39 is 0 Å². The van der Waals surface area contributed by atoms with Crippen molar-refractivity contribution < 1.29 is 9.53 Å². The molecule has 0 unspecified atom stereocenters. The standard InChI is InChI=1S/C12H18N4O2/c1-2-13-12(17)15-10-4-3-5-14-11(10)16-6-8-18-9-7-16/h3-5H,2,6-9H2,1H3,(H2,13,15,17). The molecule has 0 aliphatic carbocycles. The molecule has 0 spiro atoms. The Balaban J connectivity index is 2.11. The molecule has 1 aliphatic heterocycles. The molecule has 6 nitrogen and oxygen atoms in total. The molecule has 1 aromatic rings. The average Bonchev–Trinajstić information content (AvgIpc) is 2.40. The molecule has 1 aliphatic rings. The van der Waals surface area contributed by atoms with E-state index in [9.17, 15) is 4.79 Å². The third kappa shape index (κ3) is 3.10. The van der Waals surface area contributed by atoms with Gasteiger partial charge >= 0.3 is 6.03 Å². The number of hydrogen-bond acceptors (Lipinski definition) is 4. The number of amides is 2. The smallest absolute Gasteiger partial charge is 0.319 e. The SMILES string of the molecule is CCNC(=O)Nc1cccnc1N1CCOCC1. The maximum absolute atomic E-state index is 11.6. The highest BCUT2D eigenvalue weighted by Gasteiger charge is 2.16. The molecule has 2 heterocycles. The van der Waals surface area contributed by atoms with E-state index in [-0.39, 0.29) is 6.03 Å². The molecule has 0 radical (unpaired) electrons. The number of carbonyl (C=O) groups excluding carboxylic acids is 1. The molecule has 0 saturated carbocycles. The van der Waals surface area contributed by atoms with Crippen LogP contribution in [0.1, 0.15) is 6.92 Å². The van der Waals surface area contributed by atoms with Crippen molar-refractivity contribution in [1.82, 2.24) is 10.3 Å². The second-order valence-electron chi connectivity index (χ2n) is 3.96. The van der Waals surface area contributed by atoms with Crippen molar-refractivity contribution in [3.05, 3.63) is 18.3 Å². The third-order valence-electron chi connectivity index (χ3n) is 2.68. The van der Waals surface area contributed by atoms with Gasteiger partial charge in [0.1, 0.15) is 0 Å². The maximum Gasteiger partial charge on any atom is 0.319 e. The van der Waals surface area contributed by atoms with Crippen LogP contribution in [-0.4, -0.2) is 43.9 Å². The van der Waals surface area contributed by atoms with Crippen molar-refractivity contribution in [3.8, 4) is 0 Å². The predicted octanol–water partition coefficient (Wildman–Crippen LogP) is 1.06. The summed E-state index contributed by atoms with van der Waals surface area (Å²) in [6.07, 6.45) is 1.73. The molecular formula is C12H18N4O2. The number of rotatable bonds is 3. The molecule has 1 aromatic heterocycles. The first-order chi connectivity index (χ1) is 8.81. The number of carbonyl (C=O) groups is 1. The first kappa shape index (κ1) is 12.6. The van der Waals surface area contributed by atoms with Crippen molar-refractivity contribution in [1.29, 1.82) is 0 Å². The van der Waals surface area contributed by atoms with E-state index in [1.165, 1.54) is 0 Å². The highest BCUT2D eigenvalue weighted by Crippen LogP contribution is 2.23. The minimum atomic E-state index is -0.208. The van der Waals surface area contributed by atoms with Crippen molar-refractivity contribution in [2.24, 2.45) is 0 Å². The predicted molar refractivity (Wildman–Crippen MR) is 70.0 cm³/mol. The Kier molecular flexibility index (Phi) is 4.35. The van der Waals surface area contributed by atoms with Crippen LogP contribution in [-0.2, 0) is 4.74 Å². The molecule has 0 atom stereocenters. The highest BCUT2D eigenvalue weighted by atomic mass is 16.5. The van der Waals surface area contributed by atoms with Crippen LogP contribution in [0.25, 0.3) is 0 Å². The molecule has 1 saturated heterocycles. The van der Waals surface area contributed by atoms with Crippen molar-refractivity contribution in [3.63, 3.8) is 0 Å². The Morgan fingerprint density at radius 2 is 2.28 bits per heavy atom. The van der Waals surface area contributed by atoms with Gasteiger partial charge in [0.05, 0.1) is 18.9 Å². The van der Waals surface area contributed by atoms with E-state index in [2.05, 4.69) is 20.5 Å². The quantitative estimate of drug-likeness (QED) is 0.841. The molecule has 2 amide bonds. The molecule has 98 valence electrons. The van der Waals surface area contributed by atoms with Crippen LogP contribution in [0.5, 0.6) is 0 Å². The Labute approximate surface area is 106 Å². The lowest BCUT2D eigenvalue weighted by Gasteiger charge is -2.29. The molecule has 1 fully saturated rings.